The molecular weight excluding hydrogens is 236 g/mol. The SMILES string of the molecule is CNCc1ccc(Oc2cccc(Cl)c2)nc1. The van der Waals surface area contributed by atoms with Gasteiger partial charge in [-0.1, -0.05) is 23.7 Å². The van der Waals surface area contributed by atoms with E-state index in [0.717, 1.165) is 12.1 Å². The van der Waals surface area contributed by atoms with E-state index in [1.165, 1.54) is 0 Å². The molecule has 1 N–H and O–H groups in total. The molecule has 0 aliphatic heterocycles. The van der Waals surface area contributed by atoms with Crippen LogP contribution in [0.25, 0.3) is 0 Å². The molecule has 0 aliphatic rings. The molecule has 2 aromatic rings. The summed E-state index contributed by atoms with van der Waals surface area (Å²) in [7, 11) is 1.90. The second-order valence-corrected chi connectivity index (χ2v) is 4.03. The van der Waals surface area contributed by atoms with Crippen molar-refractivity contribution in [1.29, 1.82) is 0 Å². The van der Waals surface area contributed by atoms with Crippen molar-refractivity contribution in [2.75, 3.05) is 7.05 Å². The Kier molecular flexibility index (Phi) is 3.96. The number of nitrogens with zero attached hydrogens (tertiary/aromatic N) is 1. The number of aromatic nitrogens is 1. The molecule has 88 valence electrons. The molecule has 4 heteroatoms. The fourth-order valence-corrected chi connectivity index (χ4v) is 1.61. The van der Waals surface area contributed by atoms with Gasteiger partial charge in [-0.3, -0.25) is 0 Å². The van der Waals surface area contributed by atoms with Gasteiger partial charge in [0.05, 0.1) is 0 Å². The highest BCUT2D eigenvalue weighted by Gasteiger charge is 1.99. The van der Waals surface area contributed by atoms with Gasteiger partial charge >= 0.3 is 0 Å². The Morgan fingerprint density at radius 1 is 1.29 bits per heavy atom. The number of hydrogen-bond donors (Lipinski definition) is 1. The first-order valence-corrected chi connectivity index (χ1v) is 5.68. The molecule has 0 spiro atoms. The normalized spacial score (nSPS) is 10.2. The predicted octanol–water partition coefficient (Wildman–Crippen LogP) is 3.25. The average molecular weight is 249 g/mol. The first kappa shape index (κ1) is 11.9. The fraction of sp³-hybridized carbons (Fsp3) is 0.154. The second kappa shape index (κ2) is 5.66. The monoisotopic (exact) mass is 248 g/mol. The molecular formula is C13H13ClN2O. The number of pyridine rings is 1. The lowest BCUT2D eigenvalue weighted by Gasteiger charge is -2.05. The van der Waals surface area contributed by atoms with E-state index in [0.29, 0.717) is 16.7 Å². The molecule has 0 atom stereocenters. The van der Waals surface area contributed by atoms with E-state index in [9.17, 15) is 0 Å². The molecule has 0 radical (unpaired) electrons. The van der Waals surface area contributed by atoms with Crippen LogP contribution < -0.4 is 10.1 Å². The second-order valence-electron chi connectivity index (χ2n) is 3.59. The fourth-order valence-electron chi connectivity index (χ4n) is 1.43. The van der Waals surface area contributed by atoms with Crippen LogP contribution in [0.2, 0.25) is 5.02 Å². The van der Waals surface area contributed by atoms with Crippen molar-refractivity contribution in [2.24, 2.45) is 0 Å². The lowest BCUT2D eigenvalue weighted by Crippen LogP contribution is -2.05. The lowest BCUT2D eigenvalue weighted by molar-refractivity contribution is 0.462. The van der Waals surface area contributed by atoms with Crippen molar-refractivity contribution < 1.29 is 4.74 Å². The highest BCUT2D eigenvalue weighted by atomic mass is 35.5. The summed E-state index contributed by atoms with van der Waals surface area (Å²) in [6.07, 6.45) is 1.79. The molecule has 0 unspecified atom stereocenters. The van der Waals surface area contributed by atoms with Crippen LogP contribution in [0.4, 0.5) is 0 Å². The summed E-state index contributed by atoms with van der Waals surface area (Å²) < 4.78 is 5.58. The van der Waals surface area contributed by atoms with E-state index in [1.807, 2.05) is 31.3 Å². The van der Waals surface area contributed by atoms with Crippen LogP contribution in [-0.2, 0) is 6.54 Å². The summed E-state index contributed by atoms with van der Waals surface area (Å²) in [5, 5.41) is 3.71. The van der Waals surface area contributed by atoms with Gasteiger partial charge in [0.2, 0.25) is 5.88 Å². The van der Waals surface area contributed by atoms with Crippen molar-refractivity contribution in [1.82, 2.24) is 10.3 Å². The molecule has 1 aromatic heterocycles. The smallest absolute Gasteiger partial charge is 0.219 e. The molecule has 0 saturated heterocycles. The van der Waals surface area contributed by atoms with Crippen molar-refractivity contribution >= 4 is 11.6 Å². The summed E-state index contributed by atoms with van der Waals surface area (Å²) in [6.45, 7) is 0.796. The topological polar surface area (TPSA) is 34.1 Å². The molecule has 3 nitrogen and oxygen atoms in total. The maximum atomic E-state index is 5.87. The van der Waals surface area contributed by atoms with Gasteiger partial charge in [0.15, 0.2) is 0 Å². The first-order chi connectivity index (χ1) is 8.28. The number of rotatable bonds is 4. The maximum absolute atomic E-state index is 5.87. The summed E-state index contributed by atoms with van der Waals surface area (Å²) >= 11 is 5.87. The van der Waals surface area contributed by atoms with Crippen LogP contribution in [0.1, 0.15) is 5.56 Å². The minimum atomic E-state index is 0.562. The molecule has 0 bridgehead atoms. The summed E-state index contributed by atoms with van der Waals surface area (Å²) in [6, 6.07) is 11.1. The van der Waals surface area contributed by atoms with Crippen molar-refractivity contribution in [2.45, 2.75) is 6.54 Å². The van der Waals surface area contributed by atoms with Gasteiger partial charge in [-0.2, -0.15) is 0 Å². The Morgan fingerprint density at radius 2 is 2.18 bits per heavy atom. The first-order valence-electron chi connectivity index (χ1n) is 5.31. The van der Waals surface area contributed by atoms with Crippen LogP contribution in [0.3, 0.4) is 0 Å². The van der Waals surface area contributed by atoms with Gasteiger partial charge < -0.3 is 10.1 Å². The van der Waals surface area contributed by atoms with Gasteiger partial charge in [-0.15, -0.1) is 0 Å². The van der Waals surface area contributed by atoms with Gasteiger partial charge in [0.1, 0.15) is 5.75 Å². The Balaban J connectivity index is 2.08. The third-order valence-electron chi connectivity index (χ3n) is 2.20. The summed E-state index contributed by atoms with van der Waals surface area (Å²) in [4.78, 5) is 4.22. The maximum Gasteiger partial charge on any atom is 0.219 e. The standard InChI is InChI=1S/C13H13ClN2O/c1-15-8-10-5-6-13(16-9-10)17-12-4-2-3-11(14)7-12/h2-7,9,15H,8H2,1H3. The summed E-state index contributed by atoms with van der Waals surface area (Å²) in [5.41, 5.74) is 1.12. The van der Waals surface area contributed by atoms with Gasteiger partial charge in [-0.05, 0) is 30.8 Å². The van der Waals surface area contributed by atoms with E-state index in [4.69, 9.17) is 16.3 Å². The quantitative estimate of drug-likeness (QED) is 0.902. The number of benzene rings is 1. The third kappa shape index (κ3) is 3.44. The molecule has 1 aromatic carbocycles. The molecule has 1 heterocycles. The molecule has 17 heavy (non-hydrogen) atoms. The molecule has 0 aliphatic carbocycles. The Morgan fingerprint density at radius 3 is 2.82 bits per heavy atom. The average Bonchev–Trinajstić information content (AvgIpc) is 2.32. The third-order valence-corrected chi connectivity index (χ3v) is 2.43. The largest absolute Gasteiger partial charge is 0.439 e. The van der Waals surface area contributed by atoms with Crippen LogP contribution in [0, 0.1) is 0 Å². The van der Waals surface area contributed by atoms with Gasteiger partial charge in [0, 0.05) is 23.8 Å². The van der Waals surface area contributed by atoms with E-state index in [-0.39, 0.29) is 0 Å². The van der Waals surface area contributed by atoms with E-state index >= 15 is 0 Å². The Hall–Kier alpha value is -1.58. The van der Waals surface area contributed by atoms with E-state index < -0.39 is 0 Å². The van der Waals surface area contributed by atoms with Crippen LogP contribution in [0.5, 0.6) is 11.6 Å². The minimum Gasteiger partial charge on any atom is -0.439 e. The number of halogens is 1. The Labute approximate surface area is 105 Å². The van der Waals surface area contributed by atoms with E-state index in [2.05, 4.69) is 10.3 Å². The van der Waals surface area contributed by atoms with E-state index in [1.54, 1.807) is 18.3 Å². The Bertz CT molecular complexity index is 485. The number of ether oxygens (including phenoxy) is 1. The number of hydrogen-bond acceptors (Lipinski definition) is 3. The van der Waals surface area contributed by atoms with Crippen molar-refractivity contribution in [3.05, 3.63) is 53.2 Å². The molecule has 0 amide bonds. The molecule has 2 rings (SSSR count). The predicted molar refractivity (Wildman–Crippen MR) is 68.5 cm³/mol. The zero-order valence-electron chi connectivity index (χ0n) is 9.48. The zero-order valence-corrected chi connectivity index (χ0v) is 10.2. The van der Waals surface area contributed by atoms with Crippen molar-refractivity contribution in [3.63, 3.8) is 0 Å². The zero-order chi connectivity index (χ0) is 12.1. The summed E-state index contributed by atoms with van der Waals surface area (Å²) in [5.74, 6) is 1.25. The highest BCUT2D eigenvalue weighted by molar-refractivity contribution is 6.30. The minimum absolute atomic E-state index is 0.562. The highest BCUT2D eigenvalue weighted by Crippen LogP contribution is 2.22. The lowest BCUT2D eigenvalue weighted by atomic mass is 10.3. The van der Waals surface area contributed by atoms with Crippen LogP contribution in [0.15, 0.2) is 42.6 Å². The number of nitrogens with one attached hydrogen (secondary N) is 1. The van der Waals surface area contributed by atoms with Crippen LogP contribution >= 0.6 is 11.6 Å². The van der Waals surface area contributed by atoms with Gasteiger partial charge in [0.25, 0.3) is 0 Å². The van der Waals surface area contributed by atoms with Crippen LogP contribution in [-0.4, -0.2) is 12.0 Å². The van der Waals surface area contributed by atoms with Gasteiger partial charge in [-0.25, -0.2) is 4.98 Å². The molecule has 0 fully saturated rings. The van der Waals surface area contributed by atoms with Crippen molar-refractivity contribution in [3.8, 4) is 11.6 Å². The molecule has 0 saturated carbocycles.